The molecule has 0 saturated heterocycles. The van der Waals surface area contributed by atoms with Crippen LogP contribution in [0, 0.1) is 0 Å². The molecule has 2 aromatic heterocycles. The highest BCUT2D eigenvalue weighted by atomic mass is 16.5. The molecule has 19 nitrogen and oxygen atoms in total. The van der Waals surface area contributed by atoms with Crippen LogP contribution in [-0.4, -0.2) is 110 Å². The number of rotatable bonds is 17. The first kappa shape index (κ1) is 56.0. The molecular formula is C54H69N11O8. The molecule has 6 heterocycles. The number of carboxylic acid groups (broad SMARTS) is 1. The molecular weight excluding hydrogens is 931 g/mol. The van der Waals surface area contributed by atoms with Crippen LogP contribution in [0.1, 0.15) is 115 Å². The Morgan fingerprint density at radius 1 is 0.753 bits per heavy atom. The largest absolute Gasteiger partial charge is 0.494 e. The third-order valence-corrected chi connectivity index (χ3v) is 11.1. The quantitative estimate of drug-likeness (QED) is 0.0554. The summed E-state index contributed by atoms with van der Waals surface area (Å²) in [5.74, 6) is 2.36. The van der Waals surface area contributed by atoms with E-state index in [0.717, 1.165) is 66.0 Å². The number of hydrogen-bond donors (Lipinski definition) is 5. The Kier molecular flexibility index (Phi) is 23.1. The van der Waals surface area contributed by atoms with E-state index in [2.05, 4.69) is 45.9 Å². The standard InChI is InChI=1S/C27H32N6O4.C26H33N5O4.CH4/c1-3-36-27-31-24-17-20-5-9-22(10-6-20)25(35)28-13-15-33(19(2)34)14-4-16-37-23-11-7-21(8-12-23)18-29-26(30-24)32-27;1-2-34-26-30-23(17-19-7-11-21(12-8-19)24(32)33)29-25(31-26)28-18-20-9-13-22(14-10-20)35-16-6-4-3-5-15-27;/h5-12H,3-4,13-18H2,1-2H3,(H,28,35)(H,29,30,31,32);7-14H,2-6,15-18,27H2,1H3,(H,32,33)(H,28,29,30,31);1H4. The third-order valence-electron chi connectivity index (χ3n) is 11.1. The zero-order valence-electron chi connectivity index (χ0n) is 41.3. The highest BCUT2D eigenvalue weighted by molar-refractivity contribution is 5.94. The number of carbonyl (C=O) groups excluding carboxylic acids is 2. The number of benzene rings is 4. The van der Waals surface area contributed by atoms with Gasteiger partial charge in [0.25, 0.3) is 5.91 Å². The van der Waals surface area contributed by atoms with Crippen molar-refractivity contribution in [3.05, 3.63) is 142 Å². The molecule has 19 heteroatoms. The van der Waals surface area contributed by atoms with E-state index in [9.17, 15) is 14.4 Å². The minimum absolute atomic E-state index is 0. The number of carbonyl (C=O) groups is 3. The van der Waals surface area contributed by atoms with Crippen molar-refractivity contribution in [2.24, 2.45) is 5.73 Å². The van der Waals surface area contributed by atoms with Gasteiger partial charge in [0.15, 0.2) is 0 Å². The number of nitrogens with one attached hydrogen (secondary N) is 3. The van der Waals surface area contributed by atoms with E-state index in [1.165, 1.54) is 6.92 Å². The molecule has 73 heavy (non-hydrogen) atoms. The maximum atomic E-state index is 12.6. The van der Waals surface area contributed by atoms with Crippen LogP contribution in [0.3, 0.4) is 0 Å². The molecule has 4 aromatic carbocycles. The molecule has 0 fully saturated rings. The zero-order valence-corrected chi connectivity index (χ0v) is 41.3. The van der Waals surface area contributed by atoms with Crippen molar-refractivity contribution in [1.29, 1.82) is 0 Å². The number of aromatic carboxylic acids is 1. The van der Waals surface area contributed by atoms with Crippen molar-refractivity contribution in [2.45, 2.75) is 86.2 Å². The number of nitrogens with two attached hydrogens (primary N) is 1. The summed E-state index contributed by atoms with van der Waals surface area (Å²) in [5, 5.41) is 18.4. The SMILES string of the molecule is C.CCOc1nc(Cc2ccc(C(=O)O)cc2)nc(NCc2ccc(OCCCCCCN)cc2)n1.CCOc1nc2nc(n1)NCc1ccc(cc1)OCCCN(C(C)=O)CCNC(=O)c1ccc(cc1)C2. The number of hydrogen-bond acceptors (Lipinski definition) is 16. The Hall–Kier alpha value is -7.93. The first-order valence-electron chi connectivity index (χ1n) is 24.4. The number of unbranched alkanes of at least 4 members (excludes halogenated alkanes) is 3. The van der Waals surface area contributed by atoms with E-state index in [1.807, 2.05) is 74.5 Å². The van der Waals surface area contributed by atoms with E-state index in [4.69, 9.17) is 29.8 Å². The lowest BCUT2D eigenvalue weighted by Crippen LogP contribution is -2.38. The topological polar surface area (TPSA) is 251 Å². The number of aromatic nitrogens is 6. The Balaban J connectivity index is 0.000000268. The fourth-order valence-electron chi connectivity index (χ4n) is 7.24. The molecule has 0 aliphatic carbocycles. The molecule has 0 spiro atoms. The van der Waals surface area contributed by atoms with Crippen molar-refractivity contribution in [1.82, 2.24) is 40.1 Å². The van der Waals surface area contributed by atoms with Gasteiger partial charge < -0.3 is 50.6 Å². The molecule has 0 unspecified atom stereocenters. The maximum absolute atomic E-state index is 12.6. The van der Waals surface area contributed by atoms with Gasteiger partial charge >= 0.3 is 18.0 Å². The summed E-state index contributed by atoms with van der Waals surface area (Å²) in [7, 11) is 0. The Labute approximate surface area is 427 Å². The fraction of sp³-hybridized carbons (Fsp3) is 0.389. The normalized spacial score (nSPS) is 12.7. The Bertz CT molecular complexity index is 2620. The van der Waals surface area contributed by atoms with Gasteiger partial charge in [0.1, 0.15) is 23.1 Å². The predicted octanol–water partition coefficient (Wildman–Crippen LogP) is 7.54. The monoisotopic (exact) mass is 1000 g/mol. The van der Waals surface area contributed by atoms with Crippen molar-refractivity contribution in [3.63, 3.8) is 0 Å². The lowest BCUT2D eigenvalue weighted by molar-refractivity contribution is -0.128. The van der Waals surface area contributed by atoms with E-state index >= 15 is 0 Å². The smallest absolute Gasteiger partial charge is 0.335 e. The second kappa shape index (κ2) is 30.1. The average molecular weight is 1000 g/mol. The van der Waals surface area contributed by atoms with Gasteiger partial charge in [-0.05, 0) is 110 Å². The van der Waals surface area contributed by atoms with E-state index < -0.39 is 5.97 Å². The molecule has 0 radical (unpaired) electrons. The molecule has 0 atom stereocenters. The van der Waals surface area contributed by atoms with Gasteiger partial charge in [-0.15, -0.1) is 0 Å². The Morgan fingerprint density at radius 2 is 1.44 bits per heavy atom. The first-order valence-corrected chi connectivity index (χ1v) is 24.4. The van der Waals surface area contributed by atoms with Gasteiger partial charge in [-0.3, -0.25) is 9.59 Å². The molecule has 6 aromatic rings. The number of ether oxygens (including phenoxy) is 4. The minimum Gasteiger partial charge on any atom is -0.494 e. The molecule has 4 aliphatic heterocycles. The average Bonchev–Trinajstić information content (AvgIpc) is 3.38. The number of anilines is 2. The van der Waals surface area contributed by atoms with Gasteiger partial charge in [0.05, 0.1) is 32.0 Å². The summed E-state index contributed by atoms with van der Waals surface area (Å²) in [6, 6.07) is 30.2. The molecule has 10 rings (SSSR count). The molecule has 6 bridgehead atoms. The van der Waals surface area contributed by atoms with Crippen LogP contribution < -0.4 is 40.6 Å². The summed E-state index contributed by atoms with van der Waals surface area (Å²) in [4.78, 5) is 64.0. The van der Waals surface area contributed by atoms with Gasteiger partial charge in [-0.25, -0.2) is 4.79 Å². The molecule has 0 saturated carbocycles. The second-order valence-corrected chi connectivity index (χ2v) is 16.6. The van der Waals surface area contributed by atoms with Crippen molar-refractivity contribution in [3.8, 4) is 23.5 Å². The zero-order chi connectivity index (χ0) is 50.9. The van der Waals surface area contributed by atoms with Crippen LogP contribution in [0.2, 0.25) is 0 Å². The maximum Gasteiger partial charge on any atom is 0.335 e. The van der Waals surface area contributed by atoms with Crippen LogP contribution >= 0.6 is 0 Å². The highest BCUT2D eigenvalue weighted by Gasteiger charge is 2.14. The van der Waals surface area contributed by atoms with Crippen molar-refractivity contribution >= 4 is 29.7 Å². The van der Waals surface area contributed by atoms with Crippen molar-refractivity contribution in [2.75, 3.05) is 63.2 Å². The molecule has 6 N–H and O–H groups in total. The second-order valence-electron chi connectivity index (χ2n) is 16.6. The van der Waals surface area contributed by atoms with Crippen LogP contribution in [-0.2, 0) is 30.7 Å². The summed E-state index contributed by atoms with van der Waals surface area (Å²) >= 11 is 0. The van der Waals surface area contributed by atoms with Gasteiger partial charge in [-0.2, -0.15) is 29.9 Å². The minimum atomic E-state index is -0.959. The van der Waals surface area contributed by atoms with Gasteiger partial charge in [-0.1, -0.05) is 68.8 Å². The molecule has 388 valence electrons. The molecule has 2 amide bonds. The highest BCUT2D eigenvalue weighted by Crippen LogP contribution is 2.19. The van der Waals surface area contributed by atoms with Crippen LogP contribution in [0.4, 0.5) is 11.9 Å². The van der Waals surface area contributed by atoms with Crippen LogP contribution in [0.25, 0.3) is 0 Å². The van der Waals surface area contributed by atoms with Gasteiger partial charge in [0.2, 0.25) is 17.8 Å². The lowest BCUT2D eigenvalue weighted by Gasteiger charge is -2.21. The predicted molar refractivity (Wildman–Crippen MR) is 279 cm³/mol. The van der Waals surface area contributed by atoms with Gasteiger partial charge in [0, 0.05) is 58.1 Å². The summed E-state index contributed by atoms with van der Waals surface area (Å²) < 4.78 is 22.7. The summed E-state index contributed by atoms with van der Waals surface area (Å²) in [6.45, 7) is 10.5. The lowest BCUT2D eigenvalue weighted by atomic mass is 10.1. The number of nitrogens with zero attached hydrogens (tertiary/aromatic N) is 7. The van der Waals surface area contributed by atoms with E-state index in [1.54, 1.807) is 41.3 Å². The first-order chi connectivity index (χ1) is 35.1. The number of carboxylic acids is 1. The van der Waals surface area contributed by atoms with E-state index in [0.29, 0.717) is 108 Å². The summed E-state index contributed by atoms with van der Waals surface area (Å²) in [5.41, 5.74) is 10.2. The fourth-order valence-corrected chi connectivity index (χ4v) is 7.24. The van der Waals surface area contributed by atoms with E-state index in [-0.39, 0.29) is 36.8 Å². The van der Waals surface area contributed by atoms with Crippen LogP contribution in [0.5, 0.6) is 23.5 Å². The number of amides is 2. The summed E-state index contributed by atoms with van der Waals surface area (Å²) in [6.07, 6.45) is 5.93. The Morgan fingerprint density at radius 3 is 2.12 bits per heavy atom. The third kappa shape index (κ3) is 19.3. The molecule has 4 aliphatic rings. The van der Waals surface area contributed by atoms with Crippen LogP contribution in [0.15, 0.2) is 97.1 Å². The van der Waals surface area contributed by atoms with Crippen molar-refractivity contribution < 1.29 is 38.4 Å².